The third-order valence-electron chi connectivity index (χ3n) is 7.05. The molecule has 0 spiro atoms. The molecule has 0 atom stereocenters. The highest BCUT2D eigenvalue weighted by atomic mass is 16.2. The van der Waals surface area contributed by atoms with Gasteiger partial charge in [0, 0.05) is 36.0 Å². The van der Waals surface area contributed by atoms with E-state index in [2.05, 4.69) is 33.8 Å². The molecule has 4 fully saturated rings. The van der Waals surface area contributed by atoms with Gasteiger partial charge in [0.2, 0.25) is 0 Å². The minimum Gasteiger partial charge on any atom is -0.338 e. The standard InChI is InChI=1S/C24H36N2O/c1-16(2)14-26(15-17(3)4)23(27)21-5-6-25-22(10-21)24-11-18-7-19(12-24)9-20(8-18)13-24/h5-6,10,16-20H,7-9,11-15H2,1-4H3. The van der Waals surface area contributed by atoms with Gasteiger partial charge in [-0.25, -0.2) is 0 Å². The van der Waals surface area contributed by atoms with Crippen molar-refractivity contribution < 1.29 is 4.79 Å². The Hall–Kier alpha value is -1.38. The van der Waals surface area contributed by atoms with Crippen molar-refractivity contribution in [3.63, 3.8) is 0 Å². The van der Waals surface area contributed by atoms with E-state index in [9.17, 15) is 4.79 Å². The van der Waals surface area contributed by atoms with Crippen LogP contribution in [0, 0.1) is 29.6 Å². The highest BCUT2D eigenvalue weighted by Gasteiger charge is 2.52. The summed E-state index contributed by atoms with van der Waals surface area (Å²) in [5.41, 5.74) is 2.31. The zero-order valence-electron chi connectivity index (χ0n) is 17.6. The predicted molar refractivity (Wildman–Crippen MR) is 110 cm³/mol. The Morgan fingerprint density at radius 2 is 1.56 bits per heavy atom. The van der Waals surface area contributed by atoms with E-state index in [4.69, 9.17) is 4.98 Å². The second-order valence-electron chi connectivity index (χ2n) is 10.6. The monoisotopic (exact) mass is 368 g/mol. The topological polar surface area (TPSA) is 33.2 Å². The molecule has 0 aromatic carbocycles. The van der Waals surface area contributed by atoms with Crippen LogP contribution in [-0.4, -0.2) is 28.9 Å². The van der Waals surface area contributed by atoms with E-state index in [-0.39, 0.29) is 11.3 Å². The van der Waals surface area contributed by atoms with Crippen LogP contribution in [0.4, 0.5) is 0 Å². The van der Waals surface area contributed by atoms with E-state index >= 15 is 0 Å². The smallest absolute Gasteiger partial charge is 0.253 e. The summed E-state index contributed by atoms with van der Waals surface area (Å²) in [6.07, 6.45) is 10.1. The van der Waals surface area contributed by atoms with E-state index in [0.717, 1.165) is 36.4 Å². The summed E-state index contributed by atoms with van der Waals surface area (Å²) in [4.78, 5) is 20.2. The van der Waals surface area contributed by atoms with Crippen LogP contribution >= 0.6 is 0 Å². The number of aromatic nitrogens is 1. The average Bonchev–Trinajstić information content (AvgIpc) is 2.59. The Morgan fingerprint density at radius 3 is 2.04 bits per heavy atom. The number of rotatable bonds is 6. The fourth-order valence-corrected chi connectivity index (χ4v) is 6.58. The summed E-state index contributed by atoms with van der Waals surface area (Å²) in [5.74, 6) is 3.85. The van der Waals surface area contributed by atoms with Gasteiger partial charge in [0.25, 0.3) is 5.91 Å². The van der Waals surface area contributed by atoms with Crippen LogP contribution in [0.3, 0.4) is 0 Å². The molecule has 1 aromatic rings. The van der Waals surface area contributed by atoms with E-state index in [1.807, 2.05) is 17.2 Å². The fourth-order valence-electron chi connectivity index (χ4n) is 6.58. The minimum atomic E-state index is 0.186. The van der Waals surface area contributed by atoms with Gasteiger partial charge in [-0.2, -0.15) is 0 Å². The van der Waals surface area contributed by atoms with Crippen LogP contribution in [0.25, 0.3) is 0 Å². The van der Waals surface area contributed by atoms with Gasteiger partial charge < -0.3 is 4.90 Å². The maximum absolute atomic E-state index is 13.3. The van der Waals surface area contributed by atoms with Crippen molar-refractivity contribution in [3.05, 3.63) is 29.6 Å². The maximum Gasteiger partial charge on any atom is 0.253 e. The first-order valence-electron chi connectivity index (χ1n) is 11.1. The molecule has 4 aliphatic carbocycles. The lowest BCUT2D eigenvalue weighted by atomic mass is 9.48. The Labute approximate surface area is 164 Å². The summed E-state index contributed by atoms with van der Waals surface area (Å²) < 4.78 is 0. The lowest BCUT2D eigenvalue weighted by molar-refractivity contribution is -0.00723. The molecule has 4 bridgehead atoms. The second-order valence-corrected chi connectivity index (χ2v) is 10.6. The van der Waals surface area contributed by atoms with Crippen molar-refractivity contribution in [3.8, 4) is 0 Å². The highest BCUT2D eigenvalue weighted by molar-refractivity contribution is 5.94. The van der Waals surface area contributed by atoms with E-state index in [1.54, 1.807) is 0 Å². The first-order chi connectivity index (χ1) is 12.8. The van der Waals surface area contributed by atoms with Gasteiger partial charge in [0.05, 0.1) is 0 Å². The summed E-state index contributed by atoms with van der Waals surface area (Å²) in [7, 11) is 0. The number of nitrogens with zero attached hydrogens (tertiary/aromatic N) is 2. The molecular weight excluding hydrogens is 332 g/mol. The van der Waals surface area contributed by atoms with Crippen molar-refractivity contribution in [1.29, 1.82) is 0 Å². The summed E-state index contributed by atoms with van der Waals surface area (Å²) in [6.45, 7) is 10.4. The molecule has 4 saturated carbocycles. The Morgan fingerprint density at radius 1 is 1.04 bits per heavy atom. The minimum absolute atomic E-state index is 0.186. The summed E-state index contributed by atoms with van der Waals surface area (Å²) in [5, 5.41) is 0. The summed E-state index contributed by atoms with van der Waals surface area (Å²) in [6, 6.07) is 4.09. The molecule has 3 nitrogen and oxygen atoms in total. The van der Waals surface area contributed by atoms with Crippen molar-refractivity contribution in [1.82, 2.24) is 9.88 Å². The quantitative estimate of drug-likeness (QED) is 0.682. The van der Waals surface area contributed by atoms with Gasteiger partial charge in [-0.05, 0) is 80.2 Å². The van der Waals surface area contributed by atoms with Crippen LogP contribution in [0.15, 0.2) is 18.3 Å². The van der Waals surface area contributed by atoms with Crippen LogP contribution in [0.5, 0.6) is 0 Å². The lowest BCUT2D eigenvalue weighted by Gasteiger charge is -2.56. The number of carbonyl (C=O) groups is 1. The number of amides is 1. The van der Waals surface area contributed by atoms with Gasteiger partial charge in [-0.1, -0.05) is 27.7 Å². The normalized spacial score (nSPS) is 31.7. The molecule has 0 radical (unpaired) electrons. The van der Waals surface area contributed by atoms with Gasteiger partial charge in [-0.15, -0.1) is 0 Å². The van der Waals surface area contributed by atoms with Crippen molar-refractivity contribution in [2.45, 2.75) is 71.6 Å². The van der Waals surface area contributed by atoms with Crippen molar-refractivity contribution in [2.75, 3.05) is 13.1 Å². The molecule has 148 valence electrons. The Kier molecular flexibility index (Phi) is 5.07. The molecule has 0 saturated heterocycles. The number of pyridine rings is 1. The molecule has 0 N–H and O–H groups in total. The Balaban J connectivity index is 1.59. The first-order valence-corrected chi connectivity index (χ1v) is 11.1. The molecule has 1 aromatic heterocycles. The van der Waals surface area contributed by atoms with Crippen LogP contribution in [0.2, 0.25) is 0 Å². The molecule has 5 rings (SSSR count). The summed E-state index contributed by atoms with van der Waals surface area (Å²) >= 11 is 0. The zero-order valence-corrected chi connectivity index (χ0v) is 17.6. The molecule has 0 aliphatic heterocycles. The Bertz CT molecular complexity index is 648. The first kappa shape index (κ1) is 19.0. The lowest BCUT2D eigenvalue weighted by Crippen LogP contribution is -2.49. The molecular formula is C24H36N2O. The van der Waals surface area contributed by atoms with Crippen molar-refractivity contribution in [2.24, 2.45) is 29.6 Å². The molecule has 0 unspecified atom stereocenters. The highest BCUT2D eigenvalue weighted by Crippen LogP contribution is 2.60. The zero-order chi connectivity index (χ0) is 19.2. The molecule has 3 heteroatoms. The van der Waals surface area contributed by atoms with Gasteiger partial charge >= 0.3 is 0 Å². The third-order valence-corrected chi connectivity index (χ3v) is 7.05. The largest absolute Gasteiger partial charge is 0.338 e. The van der Waals surface area contributed by atoms with E-state index in [0.29, 0.717) is 11.8 Å². The average molecular weight is 369 g/mol. The van der Waals surface area contributed by atoms with Gasteiger partial charge in [0.15, 0.2) is 0 Å². The van der Waals surface area contributed by atoms with E-state index in [1.165, 1.54) is 44.2 Å². The second kappa shape index (κ2) is 7.22. The predicted octanol–water partition coefficient (Wildman–Crippen LogP) is 5.30. The third kappa shape index (κ3) is 3.79. The molecule has 27 heavy (non-hydrogen) atoms. The van der Waals surface area contributed by atoms with Crippen LogP contribution in [0.1, 0.15) is 82.3 Å². The molecule has 4 aliphatic rings. The van der Waals surface area contributed by atoms with Gasteiger partial charge in [-0.3, -0.25) is 9.78 Å². The van der Waals surface area contributed by atoms with E-state index < -0.39 is 0 Å². The van der Waals surface area contributed by atoms with Crippen molar-refractivity contribution >= 4 is 5.91 Å². The van der Waals surface area contributed by atoms with Gasteiger partial charge in [0.1, 0.15) is 0 Å². The fraction of sp³-hybridized carbons (Fsp3) is 0.750. The number of carbonyl (C=O) groups excluding carboxylic acids is 1. The SMILES string of the molecule is CC(C)CN(CC(C)C)C(=O)c1ccnc(C23CC4CC(CC(C4)C2)C3)c1. The number of hydrogen-bond donors (Lipinski definition) is 0. The molecule has 1 amide bonds. The maximum atomic E-state index is 13.3. The van der Waals surface area contributed by atoms with Crippen LogP contribution < -0.4 is 0 Å². The van der Waals surface area contributed by atoms with Crippen LogP contribution in [-0.2, 0) is 5.41 Å². The molecule has 1 heterocycles. The number of hydrogen-bond acceptors (Lipinski definition) is 2.